The normalized spacial score (nSPS) is 11.0. The van der Waals surface area contributed by atoms with Gasteiger partial charge in [-0.05, 0) is 18.4 Å². The molecule has 9 heteroatoms. The van der Waals surface area contributed by atoms with Gasteiger partial charge >= 0.3 is 0 Å². The van der Waals surface area contributed by atoms with Gasteiger partial charge in [0.05, 0.1) is 0 Å². The largest absolute Gasteiger partial charge is 0.470 e. The first-order valence-electron chi connectivity index (χ1n) is 5.86. The highest BCUT2D eigenvalue weighted by Gasteiger charge is 2.10. The van der Waals surface area contributed by atoms with Crippen molar-refractivity contribution in [1.29, 1.82) is 0 Å². The molecule has 5 nitrogen and oxygen atoms in total. The van der Waals surface area contributed by atoms with Gasteiger partial charge in [-0.25, -0.2) is 15.0 Å². The summed E-state index contributed by atoms with van der Waals surface area (Å²) in [6.45, 7) is 0.166. The number of hydrogen-bond donors (Lipinski definition) is 1. The predicted octanol–water partition coefficient (Wildman–Crippen LogP) is 4.29. The molecule has 0 aliphatic heterocycles. The smallest absolute Gasteiger partial charge is 0.260 e. The van der Waals surface area contributed by atoms with Crippen LogP contribution in [-0.2, 0) is 6.61 Å². The van der Waals surface area contributed by atoms with E-state index in [2.05, 4.69) is 15.0 Å². The Morgan fingerprint density at radius 3 is 2.55 bits per heavy atom. The third-order valence-corrected chi connectivity index (χ3v) is 3.70. The fraction of sp³-hybridized carbons (Fsp3) is 0.154. The van der Waals surface area contributed by atoms with Gasteiger partial charge in [0.2, 0.25) is 5.82 Å². The fourth-order valence-electron chi connectivity index (χ4n) is 1.46. The van der Waals surface area contributed by atoms with Crippen molar-refractivity contribution >= 4 is 69.9 Å². The molecule has 1 heterocycles. The number of ether oxygens (including phenoxy) is 1. The van der Waals surface area contributed by atoms with E-state index in [0.717, 1.165) is 0 Å². The van der Waals surface area contributed by atoms with Crippen LogP contribution in [0.15, 0.2) is 35.6 Å². The van der Waals surface area contributed by atoms with Crippen LogP contribution < -0.4 is 10.5 Å². The maximum absolute atomic E-state index is 6.09. The van der Waals surface area contributed by atoms with Crippen LogP contribution in [0.4, 0.5) is 5.82 Å². The fourth-order valence-corrected chi connectivity index (χ4v) is 2.14. The Balaban J connectivity index is 0.00000242. The quantitative estimate of drug-likeness (QED) is 0.410. The first-order chi connectivity index (χ1) is 10.1. The molecule has 1 aromatic carbocycles. The Morgan fingerprint density at radius 2 is 1.91 bits per heavy atom. The zero-order valence-electron chi connectivity index (χ0n) is 11.5. The number of aromatic nitrogens is 2. The number of benzene rings is 1. The maximum Gasteiger partial charge on any atom is 0.260 e. The van der Waals surface area contributed by atoms with Gasteiger partial charge < -0.3 is 10.5 Å². The molecule has 0 aliphatic carbocycles. The van der Waals surface area contributed by atoms with Crippen LogP contribution >= 0.6 is 58.9 Å². The highest BCUT2D eigenvalue weighted by atomic mass is 127. The molecule has 0 unspecified atom stereocenters. The summed E-state index contributed by atoms with van der Waals surface area (Å²) in [5.41, 5.74) is 6.36. The van der Waals surface area contributed by atoms with E-state index in [1.165, 1.54) is 24.2 Å². The van der Waals surface area contributed by atoms with Gasteiger partial charge in [0.1, 0.15) is 6.61 Å². The summed E-state index contributed by atoms with van der Waals surface area (Å²) in [5, 5.41) is 1.43. The lowest BCUT2D eigenvalue weighted by Gasteiger charge is -2.09. The lowest BCUT2D eigenvalue weighted by molar-refractivity contribution is 0.294. The van der Waals surface area contributed by atoms with Crippen molar-refractivity contribution < 1.29 is 4.74 Å². The number of amidine groups is 1. The minimum absolute atomic E-state index is 0. The van der Waals surface area contributed by atoms with Crippen LogP contribution in [0.3, 0.4) is 0 Å². The summed E-state index contributed by atoms with van der Waals surface area (Å²) in [5.74, 6) is 0.581. The molecule has 2 aromatic rings. The van der Waals surface area contributed by atoms with Crippen LogP contribution in [0, 0.1) is 0 Å². The Morgan fingerprint density at radius 1 is 1.27 bits per heavy atom. The predicted molar refractivity (Wildman–Crippen MR) is 103 cm³/mol. The molecule has 0 radical (unpaired) electrons. The summed E-state index contributed by atoms with van der Waals surface area (Å²) in [6.07, 6.45) is 4.85. The lowest BCUT2D eigenvalue weighted by atomic mass is 10.2. The Kier molecular flexibility index (Phi) is 8.23. The Bertz CT molecular complexity index is 652. The van der Waals surface area contributed by atoms with Gasteiger partial charge in [0.15, 0.2) is 5.17 Å². The molecular formula is C13H13Cl2IN4OS. The van der Waals surface area contributed by atoms with Crippen molar-refractivity contribution in [2.75, 3.05) is 6.26 Å². The van der Waals surface area contributed by atoms with E-state index in [9.17, 15) is 0 Å². The number of nitrogens with two attached hydrogens (primary N) is 1. The molecule has 0 fully saturated rings. The minimum Gasteiger partial charge on any atom is -0.470 e. The van der Waals surface area contributed by atoms with E-state index in [-0.39, 0.29) is 36.5 Å². The second-order valence-corrected chi connectivity index (χ2v) is 5.47. The molecule has 0 aliphatic rings. The monoisotopic (exact) mass is 470 g/mol. The number of rotatable bonds is 4. The number of aliphatic imine (C=N–C) groups is 1. The van der Waals surface area contributed by atoms with Gasteiger partial charge in [-0.1, -0.05) is 41.0 Å². The summed E-state index contributed by atoms with van der Waals surface area (Å²) in [6, 6.07) is 5.26. The molecule has 0 spiro atoms. The number of nitrogens with zero attached hydrogens (tertiary/aromatic N) is 3. The standard InChI is InChI=1S/C13H12Cl2N4OS.HI/c1-21-13(16)19-11-12(18-6-5-17-11)20-7-8-9(14)3-2-4-10(8)15;/h2-6H,7H2,1H3,(H2,16,17,19);1H. The Labute approximate surface area is 159 Å². The van der Waals surface area contributed by atoms with Crippen molar-refractivity contribution in [3.8, 4) is 5.88 Å². The SMILES string of the molecule is CSC(N)=Nc1nccnc1OCc1c(Cl)cccc1Cl.I. The molecule has 1 aromatic heterocycles. The molecular weight excluding hydrogens is 458 g/mol. The second-order valence-electron chi connectivity index (χ2n) is 3.83. The lowest BCUT2D eigenvalue weighted by Crippen LogP contribution is -2.06. The van der Waals surface area contributed by atoms with Gasteiger partial charge in [-0.2, -0.15) is 0 Å². The van der Waals surface area contributed by atoms with E-state index in [1.54, 1.807) is 18.2 Å². The third-order valence-electron chi connectivity index (χ3n) is 2.49. The molecule has 0 atom stereocenters. The van der Waals surface area contributed by atoms with Gasteiger partial charge in [-0.3, -0.25) is 0 Å². The first kappa shape index (κ1) is 19.3. The minimum atomic E-state index is 0. The molecule has 118 valence electrons. The first-order valence-corrected chi connectivity index (χ1v) is 7.84. The molecule has 2 rings (SSSR count). The van der Waals surface area contributed by atoms with Crippen molar-refractivity contribution in [1.82, 2.24) is 9.97 Å². The van der Waals surface area contributed by atoms with Crippen LogP contribution in [0.2, 0.25) is 10.0 Å². The van der Waals surface area contributed by atoms with Crippen molar-refractivity contribution in [3.05, 3.63) is 46.2 Å². The number of halogens is 3. The zero-order chi connectivity index (χ0) is 15.2. The highest BCUT2D eigenvalue weighted by molar-refractivity contribution is 14.0. The third kappa shape index (κ3) is 5.15. The van der Waals surface area contributed by atoms with Crippen LogP contribution in [0.5, 0.6) is 5.88 Å². The summed E-state index contributed by atoms with van der Waals surface area (Å²) in [4.78, 5) is 12.3. The van der Waals surface area contributed by atoms with E-state index in [1.807, 2.05) is 6.26 Å². The van der Waals surface area contributed by atoms with Crippen LogP contribution in [0.25, 0.3) is 0 Å². The second kappa shape index (κ2) is 9.39. The van der Waals surface area contributed by atoms with Crippen molar-refractivity contribution in [3.63, 3.8) is 0 Å². The highest BCUT2D eigenvalue weighted by Crippen LogP contribution is 2.28. The van der Waals surface area contributed by atoms with Gasteiger partial charge in [-0.15, -0.1) is 24.0 Å². The van der Waals surface area contributed by atoms with Crippen molar-refractivity contribution in [2.45, 2.75) is 6.61 Å². The summed E-state index contributed by atoms with van der Waals surface area (Å²) < 4.78 is 5.62. The van der Waals surface area contributed by atoms with Gasteiger partial charge in [0, 0.05) is 28.0 Å². The molecule has 0 saturated carbocycles. The molecule has 22 heavy (non-hydrogen) atoms. The average molecular weight is 471 g/mol. The van der Waals surface area contributed by atoms with E-state index in [0.29, 0.717) is 26.6 Å². The Hall–Kier alpha value is -0.770. The summed E-state index contributed by atoms with van der Waals surface area (Å²) >= 11 is 13.5. The number of thioether (sulfide) groups is 1. The molecule has 0 amide bonds. The van der Waals surface area contributed by atoms with Crippen LogP contribution in [0.1, 0.15) is 5.56 Å². The zero-order valence-corrected chi connectivity index (χ0v) is 16.2. The average Bonchev–Trinajstić information content (AvgIpc) is 2.48. The number of hydrogen-bond acceptors (Lipinski definition) is 5. The van der Waals surface area contributed by atoms with E-state index >= 15 is 0 Å². The van der Waals surface area contributed by atoms with Crippen LogP contribution in [-0.4, -0.2) is 21.4 Å². The summed E-state index contributed by atoms with van der Waals surface area (Å²) in [7, 11) is 0. The topological polar surface area (TPSA) is 73.4 Å². The molecule has 0 bridgehead atoms. The molecule has 2 N–H and O–H groups in total. The maximum atomic E-state index is 6.09. The molecule has 0 saturated heterocycles. The van der Waals surface area contributed by atoms with E-state index < -0.39 is 0 Å². The van der Waals surface area contributed by atoms with Gasteiger partial charge in [0.25, 0.3) is 5.88 Å². The van der Waals surface area contributed by atoms with Crippen molar-refractivity contribution in [2.24, 2.45) is 10.7 Å². The van der Waals surface area contributed by atoms with E-state index in [4.69, 9.17) is 33.7 Å².